The molecule has 0 aliphatic carbocycles. The van der Waals surface area contributed by atoms with Crippen LogP contribution in [0.2, 0.25) is 0 Å². The standard InChI is InChI=1S/C35H33N3O.BrH/c1-5-13-29(14-6-1)27-38(28-30-15-7-2-8-16-30)25-26-39-34-23-21-33(22-24-34)37-35(31-17-9-3-10-18-31)36-32-19-11-4-12-20-32;/h1-24H,25-28H2,(H,36,37);1H. The second-order valence-corrected chi connectivity index (χ2v) is 9.34. The second kappa shape index (κ2) is 15.4. The lowest BCUT2D eigenvalue weighted by atomic mass is 10.1. The molecule has 0 atom stereocenters. The lowest BCUT2D eigenvalue weighted by Crippen LogP contribution is -2.27. The van der Waals surface area contributed by atoms with Crippen LogP contribution in [0, 0.1) is 0 Å². The van der Waals surface area contributed by atoms with E-state index in [1.165, 1.54) is 11.1 Å². The molecule has 0 bridgehead atoms. The zero-order valence-electron chi connectivity index (χ0n) is 22.4. The number of benzene rings is 5. The van der Waals surface area contributed by atoms with Gasteiger partial charge in [-0.2, -0.15) is 0 Å². The average Bonchev–Trinajstić information content (AvgIpc) is 3.00. The fourth-order valence-corrected chi connectivity index (χ4v) is 4.35. The smallest absolute Gasteiger partial charge is 0.138 e. The van der Waals surface area contributed by atoms with E-state index in [1.807, 2.05) is 72.8 Å². The molecular weight excluding hydrogens is 558 g/mol. The first-order valence-electron chi connectivity index (χ1n) is 13.3. The molecule has 5 heteroatoms. The molecule has 0 saturated carbocycles. The van der Waals surface area contributed by atoms with E-state index in [2.05, 4.69) is 83.0 Å². The van der Waals surface area contributed by atoms with Gasteiger partial charge in [0.05, 0.1) is 5.69 Å². The van der Waals surface area contributed by atoms with Crippen LogP contribution in [0.25, 0.3) is 0 Å². The van der Waals surface area contributed by atoms with Gasteiger partial charge < -0.3 is 10.1 Å². The highest BCUT2D eigenvalue weighted by Gasteiger charge is 2.09. The lowest BCUT2D eigenvalue weighted by molar-refractivity contribution is 0.196. The summed E-state index contributed by atoms with van der Waals surface area (Å²) in [6.45, 7) is 3.18. The predicted octanol–water partition coefficient (Wildman–Crippen LogP) is 8.54. The number of nitrogens with zero attached hydrogens (tertiary/aromatic N) is 2. The number of aliphatic imine (C=N–C) groups is 1. The van der Waals surface area contributed by atoms with Crippen LogP contribution in [-0.2, 0) is 13.1 Å². The quantitative estimate of drug-likeness (QED) is 0.123. The molecule has 0 fully saturated rings. The van der Waals surface area contributed by atoms with Crippen LogP contribution in [0.3, 0.4) is 0 Å². The normalized spacial score (nSPS) is 11.1. The molecule has 202 valence electrons. The Balaban J connectivity index is 0.00000370. The van der Waals surface area contributed by atoms with Crippen LogP contribution < -0.4 is 10.1 Å². The largest absolute Gasteiger partial charge is 0.492 e. The molecule has 0 radical (unpaired) electrons. The molecule has 0 amide bonds. The molecule has 0 heterocycles. The van der Waals surface area contributed by atoms with E-state index in [1.54, 1.807) is 0 Å². The van der Waals surface area contributed by atoms with Crippen molar-refractivity contribution in [1.82, 2.24) is 4.90 Å². The predicted molar refractivity (Wildman–Crippen MR) is 172 cm³/mol. The summed E-state index contributed by atoms with van der Waals surface area (Å²) in [5.41, 5.74) is 5.48. The number of halogens is 1. The van der Waals surface area contributed by atoms with Gasteiger partial charge in [-0.1, -0.05) is 109 Å². The van der Waals surface area contributed by atoms with Crippen LogP contribution >= 0.6 is 17.0 Å². The Morgan fingerprint density at radius 2 is 1.10 bits per heavy atom. The third-order valence-corrected chi connectivity index (χ3v) is 6.34. The summed E-state index contributed by atoms with van der Waals surface area (Å²) in [6, 6.07) is 49.4. The summed E-state index contributed by atoms with van der Waals surface area (Å²) >= 11 is 0. The van der Waals surface area contributed by atoms with Crippen LogP contribution in [0.1, 0.15) is 16.7 Å². The molecule has 0 aliphatic rings. The van der Waals surface area contributed by atoms with E-state index in [4.69, 9.17) is 9.73 Å². The highest BCUT2D eigenvalue weighted by atomic mass is 79.9. The number of para-hydroxylation sites is 1. The minimum Gasteiger partial charge on any atom is -0.492 e. The van der Waals surface area contributed by atoms with Crippen molar-refractivity contribution in [3.63, 3.8) is 0 Å². The maximum atomic E-state index is 6.15. The fraction of sp³-hybridized carbons (Fsp3) is 0.114. The molecule has 0 aliphatic heterocycles. The van der Waals surface area contributed by atoms with Crippen LogP contribution in [-0.4, -0.2) is 23.9 Å². The number of hydrogen-bond acceptors (Lipinski definition) is 3. The molecule has 0 saturated heterocycles. The Morgan fingerprint density at radius 1 is 0.600 bits per heavy atom. The number of amidine groups is 1. The molecule has 40 heavy (non-hydrogen) atoms. The summed E-state index contributed by atoms with van der Waals surface area (Å²) in [4.78, 5) is 7.33. The van der Waals surface area contributed by atoms with E-state index >= 15 is 0 Å². The maximum Gasteiger partial charge on any atom is 0.138 e. The van der Waals surface area contributed by atoms with Gasteiger partial charge in [-0.05, 0) is 47.5 Å². The first-order valence-corrected chi connectivity index (χ1v) is 13.3. The summed E-state index contributed by atoms with van der Waals surface area (Å²) in [7, 11) is 0. The van der Waals surface area contributed by atoms with Crippen molar-refractivity contribution < 1.29 is 4.74 Å². The number of ether oxygens (including phenoxy) is 1. The van der Waals surface area contributed by atoms with Crippen molar-refractivity contribution in [2.24, 2.45) is 4.99 Å². The topological polar surface area (TPSA) is 36.9 Å². The van der Waals surface area contributed by atoms with Crippen molar-refractivity contribution >= 4 is 34.2 Å². The summed E-state index contributed by atoms with van der Waals surface area (Å²) in [6.07, 6.45) is 0. The van der Waals surface area contributed by atoms with E-state index in [9.17, 15) is 0 Å². The Kier molecular flexibility index (Phi) is 11.1. The Labute approximate surface area is 247 Å². The minimum absolute atomic E-state index is 0. The number of anilines is 1. The van der Waals surface area contributed by atoms with Gasteiger partial charge in [-0.15, -0.1) is 17.0 Å². The average molecular weight is 593 g/mol. The third kappa shape index (κ3) is 8.94. The first-order chi connectivity index (χ1) is 19.3. The summed E-state index contributed by atoms with van der Waals surface area (Å²) in [5, 5.41) is 3.46. The van der Waals surface area contributed by atoms with Gasteiger partial charge in [0.2, 0.25) is 0 Å². The van der Waals surface area contributed by atoms with Crippen LogP contribution in [0.15, 0.2) is 151 Å². The van der Waals surface area contributed by atoms with Crippen LogP contribution in [0.4, 0.5) is 11.4 Å². The second-order valence-electron chi connectivity index (χ2n) is 9.34. The summed E-state index contributed by atoms with van der Waals surface area (Å²) in [5.74, 6) is 1.64. The fourth-order valence-electron chi connectivity index (χ4n) is 4.35. The SMILES string of the molecule is Br.c1ccc(CN(CCOc2ccc(N=C(Nc3ccccc3)c3ccccc3)cc2)Cc2ccccc2)cc1. The minimum atomic E-state index is 0. The molecule has 4 nitrogen and oxygen atoms in total. The maximum absolute atomic E-state index is 6.15. The van der Waals surface area contributed by atoms with Gasteiger partial charge in [0.15, 0.2) is 0 Å². The summed E-state index contributed by atoms with van der Waals surface area (Å²) < 4.78 is 6.15. The van der Waals surface area contributed by atoms with E-state index in [-0.39, 0.29) is 17.0 Å². The number of rotatable bonds is 11. The van der Waals surface area contributed by atoms with Gasteiger partial charge in [-0.25, -0.2) is 4.99 Å². The molecule has 5 aromatic carbocycles. The van der Waals surface area contributed by atoms with Gasteiger partial charge in [0.25, 0.3) is 0 Å². The van der Waals surface area contributed by atoms with E-state index in [0.717, 1.165) is 48.2 Å². The first kappa shape index (κ1) is 28.8. The van der Waals surface area contributed by atoms with Gasteiger partial charge >= 0.3 is 0 Å². The number of nitrogens with one attached hydrogen (secondary N) is 1. The van der Waals surface area contributed by atoms with Gasteiger partial charge in [0, 0.05) is 30.9 Å². The Bertz CT molecular complexity index is 1390. The monoisotopic (exact) mass is 591 g/mol. The van der Waals surface area contributed by atoms with Gasteiger partial charge in [-0.3, -0.25) is 4.90 Å². The van der Waals surface area contributed by atoms with E-state index in [0.29, 0.717) is 6.61 Å². The van der Waals surface area contributed by atoms with Crippen molar-refractivity contribution in [2.75, 3.05) is 18.5 Å². The molecule has 5 aromatic rings. The van der Waals surface area contributed by atoms with Crippen LogP contribution in [0.5, 0.6) is 5.75 Å². The molecule has 0 spiro atoms. The highest BCUT2D eigenvalue weighted by Crippen LogP contribution is 2.21. The molecule has 5 rings (SSSR count). The Hall–Kier alpha value is -4.19. The third-order valence-electron chi connectivity index (χ3n) is 6.34. The van der Waals surface area contributed by atoms with Crippen molar-refractivity contribution in [2.45, 2.75) is 13.1 Å². The lowest BCUT2D eigenvalue weighted by Gasteiger charge is -2.23. The van der Waals surface area contributed by atoms with Gasteiger partial charge in [0.1, 0.15) is 18.2 Å². The zero-order chi connectivity index (χ0) is 26.5. The van der Waals surface area contributed by atoms with Crippen molar-refractivity contribution in [3.05, 3.63) is 162 Å². The van der Waals surface area contributed by atoms with Crippen molar-refractivity contribution in [1.29, 1.82) is 0 Å². The van der Waals surface area contributed by atoms with Crippen molar-refractivity contribution in [3.8, 4) is 5.75 Å². The zero-order valence-corrected chi connectivity index (χ0v) is 24.1. The molecule has 0 unspecified atom stereocenters. The molecule has 0 aromatic heterocycles. The molecule has 1 N–H and O–H groups in total. The number of hydrogen-bond donors (Lipinski definition) is 1. The highest BCUT2D eigenvalue weighted by molar-refractivity contribution is 8.93. The van der Waals surface area contributed by atoms with E-state index < -0.39 is 0 Å². The Morgan fingerprint density at radius 3 is 1.65 bits per heavy atom. The molecular formula is C35H34BrN3O.